The van der Waals surface area contributed by atoms with E-state index in [-0.39, 0.29) is 12.6 Å². The van der Waals surface area contributed by atoms with E-state index in [2.05, 4.69) is 5.32 Å². The number of carbonyl (C=O) groups excluding carboxylic acids is 1. The number of hydrogen-bond acceptors (Lipinski definition) is 3. The zero-order valence-electron chi connectivity index (χ0n) is 12.3. The third-order valence-corrected chi connectivity index (χ3v) is 3.58. The van der Waals surface area contributed by atoms with Crippen molar-refractivity contribution in [3.8, 4) is 5.75 Å². The first-order valence-electron chi connectivity index (χ1n) is 7.03. The van der Waals surface area contributed by atoms with Crippen LogP contribution < -0.4 is 10.1 Å². The van der Waals surface area contributed by atoms with Crippen molar-refractivity contribution in [2.75, 3.05) is 25.0 Å². The van der Waals surface area contributed by atoms with Crippen molar-refractivity contribution >= 4 is 17.7 Å². The van der Waals surface area contributed by atoms with Crippen LogP contribution in [-0.2, 0) is 4.79 Å². The Bertz CT molecular complexity index is 544. The number of aliphatic carboxylic acids is 1. The molecule has 0 aromatic heterocycles. The molecule has 0 aliphatic carbocycles. The highest BCUT2D eigenvalue weighted by Gasteiger charge is 2.30. The van der Waals surface area contributed by atoms with Crippen LogP contribution in [0.2, 0.25) is 0 Å². The van der Waals surface area contributed by atoms with Gasteiger partial charge >= 0.3 is 12.0 Å². The summed E-state index contributed by atoms with van der Waals surface area (Å²) in [5, 5.41) is 11.8. The largest absolute Gasteiger partial charge is 0.494 e. The maximum absolute atomic E-state index is 12.1. The van der Waals surface area contributed by atoms with Gasteiger partial charge < -0.3 is 20.1 Å². The summed E-state index contributed by atoms with van der Waals surface area (Å²) < 4.78 is 5.40. The van der Waals surface area contributed by atoms with Crippen LogP contribution >= 0.6 is 0 Å². The van der Waals surface area contributed by atoms with Crippen LogP contribution in [0.5, 0.6) is 5.75 Å². The summed E-state index contributed by atoms with van der Waals surface area (Å²) in [6.45, 7) is 5.13. The van der Waals surface area contributed by atoms with Gasteiger partial charge in [-0.3, -0.25) is 4.79 Å². The van der Waals surface area contributed by atoms with E-state index in [1.807, 2.05) is 19.9 Å². The summed E-state index contributed by atoms with van der Waals surface area (Å²) in [6.07, 6.45) is 0.505. The number of aryl methyl sites for hydroxylation is 1. The van der Waals surface area contributed by atoms with Crippen LogP contribution in [-0.4, -0.2) is 41.7 Å². The molecule has 1 aromatic carbocycles. The SMILES string of the molecule is CCOc1ccc(NC(=O)N2CCC(C(=O)O)C2)c(C)c1. The number of amides is 2. The van der Waals surface area contributed by atoms with E-state index in [0.717, 1.165) is 11.3 Å². The quantitative estimate of drug-likeness (QED) is 0.892. The van der Waals surface area contributed by atoms with Crippen LogP contribution in [0, 0.1) is 12.8 Å². The van der Waals surface area contributed by atoms with Crippen LogP contribution in [0.3, 0.4) is 0 Å². The molecular weight excluding hydrogens is 272 g/mol. The lowest BCUT2D eigenvalue weighted by molar-refractivity contribution is -0.141. The predicted molar refractivity (Wildman–Crippen MR) is 78.7 cm³/mol. The molecular formula is C15H20N2O4. The maximum Gasteiger partial charge on any atom is 0.321 e. The van der Waals surface area contributed by atoms with Crippen molar-refractivity contribution in [1.29, 1.82) is 0 Å². The Labute approximate surface area is 123 Å². The number of hydrogen-bond donors (Lipinski definition) is 2. The predicted octanol–water partition coefficient (Wildman–Crippen LogP) is 2.33. The molecule has 6 nitrogen and oxygen atoms in total. The van der Waals surface area contributed by atoms with Crippen molar-refractivity contribution in [2.45, 2.75) is 20.3 Å². The fourth-order valence-corrected chi connectivity index (χ4v) is 2.37. The fraction of sp³-hybridized carbons (Fsp3) is 0.467. The third kappa shape index (κ3) is 3.65. The van der Waals surface area contributed by atoms with Crippen LogP contribution in [0.15, 0.2) is 18.2 Å². The van der Waals surface area contributed by atoms with E-state index < -0.39 is 11.9 Å². The van der Waals surface area contributed by atoms with E-state index in [4.69, 9.17) is 9.84 Å². The van der Waals surface area contributed by atoms with Gasteiger partial charge in [-0.1, -0.05) is 0 Å². The molecule has 1 aliphatic heterocycles. The van der Waals surface area contributed by atoms with Gasteiger partial charge in [0.05, 0.1) is 12.5 Å². The highest BCUT2D eigenvalue weighted by molar-refractivity contribution is 5.91. The number of likely N-dealkylation sites (tertiary alicyclic amines) is 1. The monoisotopic (exact) mass is 292 g/mol. The highest BCUT2D eigenvalue weighted by Crippen LogP contribution is 2.23. The minimum atomic E-state index is -0.845. The standard InChI is InChI=1S/C15H20N2O4/c1-3-21-12-4-5-13(10(2)8-12)16-15(20)17-7-6-11(9-17)14(18)19/h4-5,8,11H,3,6-7,9H2,1-2H3,(H,16,20)(H,18,19). The molecule has 1 unspecified atom stereocenters. The number of rotatable bonds is 4. The Morgan fingerprint density at radius 3 is 2.81 bits per heavy atom. The topological polar surface area (TPSA) is 78.9 Å². The number of nitrogens with zero attached hydrogens (tertiary/aromatic N) is 1. The number of carbonyl (C=O) groups is 2. The molecule has 0 bridgehead atoms. The third-order valence-electron chi connectivity index (χ3n) is 3.58. The van der Waals surface area contributed by atoms with Gasteiger partial charge in [0.1, 0.15) is 5.75 Å². The summed E-state index contributed by atoms with van der Waals surface area (Å²) in [5.74, 6) is -0.542. The van der Waals surface area contributed by atoms with Gasteiger partial charge in [-0.05, 0) is 44.0 Å². The van der Waals surface area contributed by atoms with Crippen molar-refractivity contribution in [3.05, 3.63) is 23.8 Å². The lowest BCUT2D eigenvalue weighted by Gasteiger charge is -2.18. The van der Waals surface area contributed by atoms with E-state index >= 15 is 0 Å². The zero-order chi connectivity index (χ0) is 15.4. The zero-order valence-corrected chi connectivity index (χ0v) is 12.3. The van der Waals surface area contributed by atoms with Crippen molar-refractivity contribution in [1.82, 2.24) is 4.90 Å². The number of ether oxygens (including phenoxy) is 1. The fourth-order valence-electron chi connectivity index (χ4n) is 2.37. The first-order chi connectivity index (χ1) is 10.0. The van der Waals surface area contributed by atoms with E-state index in [0.29, 0.717) is 25.3 Å². The minimum Gasteiger partial charge on any atom is -0.494 e. The van der Waals surface area contributed by atoms with E-state index in [1.165, 1.54) is 4.90 Å². The summed E-state index contributed by atoms with van der Waals surface area (Å²) in [7, 11) is 0. The number of carboxylic acid groups (broad SMARTS) is 1. The Balaban J connectivity index is 1.98. The molecule has 0 radical (unpaired) electrons. The summed E-state index contributed by atoms with van der Waals surface area (Å²) in [6, 6.07) is 5.20. The van der Waals surface area contributed by atoms with Crippen molar-refractivity contribution in [3.63, 3.8) is 0 Å². The van der Waals surface area contributed by atoms with Gasteiger partial charge in [-0.15, -0.1) is 0 Å². The lowest BCUT2D eigenvalue weighted by atomic mass is 10.1. The lowest BCUT2D eigenvalue weighted by Crippen LogP contribution is -2.34. The van der Waals surface area contributed by atoms with Gasteiger partial charge in [-0.2, -0.15) is 0 Å². The maximum atomic E-state index is 12.1. The van der Waals surface area contributed by atoms with Gasteiger partial charge in [0.15, 0.2) is 0 Å². The first-order valence-corrected chi connectivity index (χ1v) is 7.03. The molecule has 1 saturated heterocycles. The molecule has 6 heteroatoms. The molecule has 0 saturated carbocycles. The van der Waals surface area contributed by atoms with E-state index in [9.17, 15) is 9.59 Å². The summed E-state index contributed by atoms with van der Waals surface area (Å²) in [4.78, 5) is 24.6. The molecule has 2 rings (SSSR count). The number of nitrogens with one attached hydrogen (secondary N) is 1. The highest BCUT2D eigenvalue weighted by atomic mass is 16.5. The average Bonchev–Trinajstić information content (AvgIpc) is 2.92. The molecule has 1 fully saturated rings. The second-order valence-electron chi connectivity index (χ2n) is 5.11. The van der Waals surface area contributed by atoms with Gasteiger partial charge in [-0.25, -0.2) is 4.79 Å². The molecule has 1 heterocycles. The molecule has 1 aliphatic rings. The summed E-state index contributed by atoms with van der Waals surface area (Å²) in [5.41, 5.74) is 1.62. The molecule has 114 valence electrons. The van der Waals surface area contributed by atoms with Crippen molar-refractivity contribution in [2.24, 2.45) is 5.92 Å². The Hall–Kier alpha value is -2.24. The number of carboxylic acids is 1. The minimum absolute atomic E-state index is 0.258. The van der Waals surface area contributed by atoms with Crippen LogP contribution in [0.1, 0.15) is 18.9 Å². The van der Waals surface area contributed by atoms with Gasteiger partial charge in [0.25, 0.3) is 0 Å². The first kappa shape index (κ1) is 15.2. The Kier molecular flexibility index (Phi) is 4.67. The normalized spacial score (nSPS) is 17.6. The average molecular weight is 292 g/mol. The number of anilines is 1. The molecule has 1 aromatic rings. The summed E-state index contributed by atoms with van der Waals surface area (Å²) >= 11 is 0. The molecule has 1 atom stereocenters. The molecule has 2 amide bonds. The van der Waals surface area contributed by atoms with Crippen LogP contribution in [0.25, 0.3) is 0 Å². The van der Waals surface area contributed by atoms with Crippen LogP contribution in [0.4, 0.5) is 10.5 Å². The van der Waals surface area contributed by atoms with Gasteiger partial charge in [0.2, 0.25) is 0 Å². The number of urea groups is 1. The number of benzene rings is 1. The van der Waals surface area contributed by atoms with Gasteiger partial charge in [0, 0.05) is 18.8 Å². The smallest absolute Gasteiger partial charge is 0.321 e. The second kappa shape index (κ2) is 6.47. The second-order valence-corrected chi connectivity index (χ2v) is 5.11. The Morgan fingerprint density at radius 2 is 2.24 bits per heavy atom. The van der Waals surface area contributed by atoms with Crippen molar-refractivity contribution < 1.29 is 19.4 Å². The molecule has 2 N–H and O–H groups in total. The Morgan fingerprint density at radius 1 is 1.48 bits per heavy atom. The molecule has 0 spiro atoms. The molecule has 21 heavy (non-hydrogen) atoms. The van der Waals surface area contributed by atoms with E-state index in [1.54, 1.807) is 12.1 Å².